The zero-order chi connectivity index (χ0) is 38.6. The van der Waals surface area contributed by atoms with Crippen molar-refractivity contribution in [2.24, 2.45) is 0 Å². The maximum atomic E-state index is 13.9. The molecule has 5 atom stereocenters. The van der Waals surface area contributed by atoms with Gasteiger partial charge >= 0.3 is 18.3 Å². The van der Waals surface area contributed by atoms with Gasteiger partial charge in [-0.3, -0.25) is 16.0 Å². The highest BCUT2D eigenvalue weighted by Crippen LogP contribution is 2.33. The number of benzene rings is 5. The molecule has 1 aliphatic rings. The standard InChI is InChI=1S/C43H43N3O9/c1-4-28-16-15-21-31(26-28)44-41(47)53-37-36(27-50-2)52-40(51-3)39(55-43(49)46-35-25-14-12-23-33(35)30-19-9-6-10-20-30)38(37)54-42(48)45-34-24-13-11-22-32(34)29-17-7-5-8-18-29/h5-26,36-40H,4,27H2,1-3H3,(H,44,47)(H,45,48)(H,46,49)/t36-,37+,38-,39+,40+/m1/s1. The molecular weight excluding hydrogens is 702 g/mol. The van der Waals surface area contributed by atoms with Crippen LogP contribution in [0.25, 0.3) is 22.3 Å². The summed E-state index contributed by atoms with van der Waals surface area (Å²) in [4.78, 5) is 41.1. The van der Waals surface area contributed by atoms with Crippen molar-refractivity contribution < 1.29 is 42.8 Å². The Morgan fingerprint density at radius 2 is 1.09 bits per heavy atom. The number of aryl methyl sites for hydroxylation is 1. The van der Waals surface area contributed by atoms with Crippen LogP contribution in [0.15, 0.2) is 133 Å². The highest BCUT2D eigenvalue weighted by molar-refractivity contribution is 5.93. The maximum Gasteiger partial charge on any atom is 0.412 e. The number of nitrogens with one attached hydrogen (secondary N) is 3. The zero-order valence-corrected chi connectivity index (χ0v) is 30.7. The molecule has 0 unspecified atom stereocenters. The third-order valence-electron chi connectivity index (χ3n) is 8.96. The molecule has 0 aromatic heterocycles. The van der Waals surface area contributed by atoms with Gasteiger partial charge in [-0.1, -0.05) is 116 Å². The lowest BCUT2D eigenvalue weighted by Gasteiger charge is -2.43. The van der Waals surface area contributed by atoms with Crippen LogP contribution >= 0.6 is 0 Å². The van der Waals surface area contributed by atoms with Crippen LogP contribution < -0.4 is 16.0 Å². The lowest BCUT2D eigenvalue weighted by atomic mass is 9.98. The first-order valence-electron chi connectivity index (χ1n) is 17.8. The zero-order valence-electron chi connectivity index (χ0n) is 30.7. The molecule has 12 nitrogen and oxygen atoms in total. The molecule has 1 fully saturated rings. The van der Waals surface area contributed by atoms with Crippen LogP contribution in [0.3, 0.4) is 0 Å². The van der Waals surface area contributed by atoms with E-state index in [1.165, 1.54) is 14.2 Å². The van der Waals surface area contributed by atoms with Gasteiger partial charge < -0.3 is 28.4 Å². The van der Waals surface area contributed by atoms with E-state index in [-0.39, 0.29) is 6.61 Å². The highest BCUT2D eigenvalue weighted by atomic mass is 16.7. The number of para-hydroxylation sites is 2. The Bertz CT molecular complexity index is 2050. The number of hydrogen-bond donors (Lipinski definition) is 3. The van der Waals surface area contributed by atoms with Gasteiger partial charge in [-0.05, 0) is 47.4 Å². The molecule has 0 radical (unpaired) electrons. The average molecular weight is 746 g/mol. The predicted molar refractivity (Wildman–Crippen MR) is 209 cm³/mol. The van der Waals surface area contributed by atoms with Gasteiger partial charge in [-0.25, -0.2) is 14.4 Å². The summed E-state index contributed by atoms with van der Waals surface area (Å²) in [5, 5.41) is 8.35. The second-order valence-electron chi connectivity index (χ2n) is 12.6. The Balaban J connectivity index is 1.31. The normalized spacial score (nSPS) is 19.1. The molecule has 5 aromatic rings. The number of carbonyl (C=O) groups is 3. The maximum absolute atomic E-state index is 13.9. The van der Waals surface area contributed by atoms with Gasteiger partial charge in [0.15, 0.2) is 24.6 Å². The van der Waals surface area contributed by atoms with E-state index in [0.29, 0.717) is 17.1 Å². The van der Waals surface area contributed by atoms with E-state index in [1.807, 2.05) is 110 Å². The summed E-state index contributed by atoms with van der Waals surface area (Å²) >= 11 is 0. The highest BCUT2D eigenvalue weighted by Gasteiger charge is 2.53. The average Bonchev–Trinajstić information content (AvgIpc) is 3.21. The van der Waals surface area contributed by atoms with Crippen LogP contribution in [-0.4, -0.2) is 69.8 Å². The van der Waals surface area contributed by atoms with Crippen molar-refractivity contribution >= 4 is 35.3 Å². The molecule has 284 valence electrons. The Hall–Kier alpha value is -6.21. The lowest BCUT2D eigenvalue weighted by Crippen LogP contribution is -2.63. The SMILES string of the molecule is CCc1cccc(NC(=O)O[C@@H]2[C@@H](OC(=O)Nc3ccccc3-c3ccccc3)[C@H](OC(=O)Nc3ccccc3-c3ccccc3)[C@@H](OC)O[C@@H]2COC)c1. The quantitative estimate of drug-likeness (QED) is 0.107. The summed E-state index contributed by atoms with van der Waals surface area (Å²) in [6, 6.07) is 40.8. The number of methoxy groups -OCH3 is 2. The van der Waals surface area contributed by atoms with Gasteiger partial charge in [-0.15, -0.1) is 0 Å². The molecule has 1 heterocycles. The summed E-state index contributed by atoms with van der Waals surface area (Å²) in [5.74, 6) is 0. The first kappa shape index (κ1) is 38.5. The number of hydrogen-bond acceptors (Lipinski definition) is 9. The van der Waals surface area contributed by atoms with E-state index in [9.17, 15) is 14.4 Å². The number of anilines is 3. The molecule has 1 saturated heterocycles. The minimum Gasteiger partial charge on any atom is -0.439 e. The summed E-state index contributed by atoms with van der Waals surface area (Å²) in [5.41, 5.74) is 5.65. The first-order valence-corrected chi connectivity index (χ1v) is 17.8. The largest absolute Gasteiger partial charge is 0.439 e. The van der Waals surface area contributed by atoms with Crippen LogP contribution in [0.5, 0.6) is 0 Å². The fourth-order valence-electron chi connectivity index (χ4n) is 6.36. The topological polar surface area (TPSA) is 143 Å². The van der Waals surface area contributed by atoms with Gasteiger partial charge in [0.25, 0.3) is 0 Å². The van der Waals surface area contributed by atoms with Crippen molar-refractivity contribution in [2.45, 2.75) is 44.1 Å². The predicted octanol–water partition coefficient (Wildman–Crippen LogP) is 8.75. The number of rotatable bonds is 12. The van der Waals surface area contributed by atoms with Crippen LogP contribution in [0.1, 0.15) is 12.5 Å². The molecule has 3 N–H and O–H groups in total. The first-order chi connectivity index (χ1) is 26.9. The summed E-state index contributed by atoms with van der Waals surface area (Å²) < 4.78 is 35.3. The molecule has 0 spiro atoms. The second-order valence-corrected chi connectivity index (χ2v) is 12.6. The monoisotopic (exact) mass is 745 g/mol. The minimum absolute atomic E-state index is 0.0924. The van der Waals surface area contributed by atoms with E-state index in [0.717, 1.165) is 34.2 Å². The van der Waals surface area contributed by atoms with Crippen molar-refractivity contribution in [3.63, 3.8) is 0 Å². The molecule has 12 heteroatoms. The smallest absolute Gasteiger partial charge is 0.412 e. The van der Waals surface area contributed by atoms with Crippen LogP contribution in [-0.2, 0) is 34.8 Å². The number of amides is 3. The molecule has 0 aliphatic carbocycles. The van der Waals surface area contributed by atoms with E-state index >= 15 is 0 Å². The number of ether oxygens (including phenoxy) is 6. The van der Waals surface area contributed by atoms with Gasteiger partial charge in [-0.2, -0.15) is 0 Å². The molecule has 0 saturated carbocycles. The fraction of sp³-hybridized carbons (Fsp3) is 0.233. The molecule has 3 amide bonds. The van der Waals surface area contributed by atoms with Crippen molar-refractivity contribution in [3.8, 4) is 22.3 Å². The van der Waals surface area contributed by atoms with Crippen molar-refractivity contribution in [3.05, 3.63) is 139 Å². The molecule has 6 rings (SSSR count). The van der Waals surface area contributed by atoms with Crippen molar-refractivity contribution in [1.82, 2.24) is 0 Å². The molecule has 5 aromatic carbocycles. The molecule has 0 bridgehead atoms. The van der Waals surface area contributed by atoms with Gasteiger partial charge in [0, 0.05) is 31.0 Å². The van der Waals surface area contributed by atoms with E-state index in [2.05, 4.69) is 16.0 Å². The van der Waals surface area contributed by atoms with Gasteiger partial charge in [0.05, 0.1) is 18.0 Å². The second kappa shape index (κ2) is 18.7. The molecular formula is C43H43N3O9. The Morgan fingerprint density at radius 1 is 0.582 bits per heavy atom. The minimum atomic E-state index is -1.45. The third kappa shape index (κ3) is 9.86. The van der Waals surface area contributed by atoms with E-state index < -0.39 is 49.0 Å². The van der Waals surface area contributed by atoms with Gasteiger partial charge in [0.1, 0.15) is 6.10 Å². The summed E-state index contributed by atoms with van der Waals surface area (Å²) in [7, 11) is 2.80. The lowest BCUT2D eigenvalue weighted by molar-refractivity contribution is -0.291. The van der Waals surface area contributed by atoms with Crippen LogP contribution in [0.4, 0.5) is 31.4 Å². The fourth-order valence-corrected chi connectivity index (χ4v) is 6.36. The van der Waals surface area contributed by atoms with E-state index in [4.69, 9.17) is 28.4 Å². The van der Waals surface area contributed by atoms with Crippen LogP contribution in [0.2, 0.25) is 0 Å². The Labute approximate surface area is 319 Å². The third-order valence-corrected chi connectivity index (χ3v) is 8.96. The number of carbonyl (C=O) groups excluding carboxylic acids is 3. The summed E-state index contributed by atoms with van der Waals surface area (Å²) in [6.07, 6.45) is -8.42. The summed E-state index contributed by atoms with van der Waals surface area (Å²) in [6.45, 7) is 1.91. The Morgan fingerprint density at radius 3 is 1.64 bits per heavy atom. The molecule has 1 aliphatic heterocycles. The van der Waals surface area contributed by atoms with Crippen molar-refractivity contribution in [2.75, 3.05) is 36.8 Å². The van der Waals surface area contributed by atoms with Crippen molar-refractivity contribution in [1.29, 1.82) is 0 Å². The Kier molecular flexibility index (Phi) is 13.1. The molecule has 55 heavy (non-hydrogen) atoms. The van der Waals surface area contributed by atoms with Crippen LogP contribution in [0, 0.1) is 0 Å². The van der Waals surface area contributed by atoms with E-state index in [1.54, 1.807) is 30.3 Å². The van der Waals surface area contributed by atoms with Gasteiger partial charge in [0.2, 0.25) is 0 Å².